The highest BCUT2D eigenvalue weighted by Crippen LogP contribution is 2.33. The molecule has 3 rings (SSSR count). The first-order valence-electron chi connectivity index (χ1n) is 8.83. The molecule has 1 aromatic rings. The predicted molar refractivity (Wildman–Crippen MR) is 91.2 cm³/mol. The van der Waals surface area contributed by atoms with E-state index in [0.717, 1.165) is 31.7 Å². The smallest absolute Gasteiger partial charge is 0.248 e. The minimum absolute atomic E-state index is 0.00522. The fourth-order valence-electron chi connectivity index (χ4n) is 3.66. The molecule has 25 heavy (non-hydrogen) atoms. The van der Waals surface area contributed by atoms with Gasteiger partial charge in [-0.15, -0.1) is 0 Å². The summed E-state index contributed by atoms with van der Waals surface area (Å²) in [6.45, 7) is 3.95. The zero-order valence-corrected chi connectivity index (χ0v) is 15.1. The number of amides is 1. The number of ether oxygens (including phenoxy) is 3. The van der Waals surface area contributed by atoms with E-state index in [1.807, 2.05) is 17.0 Å². The summed E-state index contributed by atoms with van der Waals surface area (Å²) in [6, 6.07) is 3.88. The molecular formula is C18H28N2O5. The van der Waals surface area contributed by atoms with Crippen LogP contribution in [0.25, 0.3) is 0 Å². The molecule has 2 saturated heterocycles. The lowest BCUT2D eigenvalue weighted by molar-refractivity contribution is -0.140. The van der Waals surface area contributed by atoms with E-state index in [-0.39, 0.29) is 18.6 Å². The molecule has 3 heterocycles. The Kier molecular flexibility index (Phi) is 6.11. The molecule has 0 unspecified atom stereocenters. The molecule has 0 N–H and O–H groups in total. The summed E-state index contributed by atoms with van der Waals surface area (Å²) in [6.07, 6.45) is 3.71. The van der Waals surface area contributed by atoms with E-state index in [9.17, 15) is 4.79 Å². The zero-order chi connectivity index (χ0) is 17.7. The molecule has 7 nitrogen and oxygen atoms in total. The van der Waals surface area contributed by atoms with Gasteiger partial charge in [-0.1, -0.05) is 0 Å². The topological polar surface area (TPSA) is 64.4 Å². The third kappa shape index (κ3) is 4.82. The molecule has 0 aromatic carbocycles. The number of nitrogens with zero attached hydrogens (tertiary/aromatic N) is 2. The van der Waals surface area contributed by atoms with Crippen LogP contribution < -0.4 is 0 Å². The minimum Gasteiger partial charge on any atom is -0.468 e. The summed E-state index contributed by atoms with van der Waals surface area (Å²) in [5.41, 5.74) is -0.393. The maximum absolute atomic E-state index is 12.2. The first kappa shape index (κ1) is 18.4. The molecule has 2 aliphatic heterocycles. The van der Waals surface area contributed by atoms with Crippen molar-refractivity contribution in [3.63, 3.8) is 0 Å². The zero-order valence-electron chi connectivity index (χ0n) is 15.1. The van der Waals surface area contributed by atoms with Crippen LogP contribution in [0.15, 0.2) is 22.8 Å². The molecule has 2 aliphatic rings. The Morgan fingerprint density at radius 2 is 2.40 bits per heavy atom. The van der Waals surface area contributed by atoms with Crippen molar-refractivity contribution < 1.29 is 23.4 Å². The lowest BCUT2D eigenvalue weighted by Gasteiger charge is -2.32. The number of methoxy groups -OCH3 is 1. The van der Waals surface area contributed by atoms with Gasteiger partial charge in [0, 0.05) is 20.2 Å². The van der Waals surface area contributed by atoms with Crippen molar-refractivity contribution in [3.8, 4) is 0 Å². The second kappa shape index (κ2) is 8.31. The molecule has 2 fully saturated rings. The monoisotopic (exact) mass is 352 g/mol. The van der Waals surface area contributed by atoms with Gasteiger partial charge >= 0.3 is 0 Å². The van der Waals surface area contributed by atoms with Gasteiger partial charge in [0.15, 0.2) is 0 Å². The number of likely N-dealkylation sites (N-methyl/N-ethyl adjacent to an activating group) is 1. The van der Waals surface area contributed by atoms with Crippen molar-refractivity contribution in [2.24, 2.45) is 0 Å². The number of carbonyl (C=O) groups excluding carboxylic acids is 1. The van der Waals surface area contributed by atoms with Crippen LogP contribution >= 0.6 is 0 Å². The second-order valence-electron chi connectivity index (χ2n) is 7.04. The van der Waals surface area contributed by atoms with Crippen LogP contribution in [-0.2, 0) is 25.5 Å². The highest BCUT2D eigenvalue weighted by Gasteiger charge is 2.44. The summed E-state index contributed by atoms with van der Waals surface area (Å²) in [5.74, 6) is 0.943. The lowest BCUT2D eigenvalue weighted by atomic mass is 10.00. The van der Waals surface area contributed by atoms with Crippen LogP contribution in [0.4, 0.5) is 0 Å². The largest absolute Gasteiger partial charge is 0.468 e. The minimum atomic E-state index is -0.393. The van der Waals surface area contributed by atoms with Gasteiger partial charge in [0.2, 0.25) is 5.91 Å². The fourth-order valence-corrected chi connectivity index (χ4v) is 3.66. The number of hydrogen-bond donors (Lipinski definition) is 0. The molecular weight excluding hydrogens is 324 g/mol. The number of furan rings is 1. The molecule has 1 amide bonds. The Hall–Kier alpha value is -1.41. The van der Waals surface area contributed by atoms with Crippen LogP contribution in [0.5, 0.6) is 0 Å². The van der Waals surface area contributed by atoms with Gasteiger partial charge in [0.05, 0.1) is 38.7 Å². The summed E-state index contributed by atoms with van der Waals surface area (Å²) in [4.78, 5) is 16.2. The van der Waals surface area contributed by atoms with Crippen molar-refractivity contribution in [1.82, 2.24) is 9.80 Å². The SMILES string of the molecule is COCC(=O)N1CCOC[C@]2(CC[C@@H](CN(C)Cc3ccco3)O2)C1. The Morgan fingerprint density at radius 3 is 3.16 bits per heavy atom. The first-order chi connectivity index (χ1) is 12.1. The Labute approximate surface area is 148 Å². The molecule has 2 atom stereocenters. The third-order valence-corrected chi connectivity index (χ3v) is 4.83. The number of carbonyl (C=O) groups is 1. The van der Waals surface area contributed by atoms with Gasteiger partial charge in [0.25, 0.3) is 0 Å². The van der Waals surface area contributed by atoms with Gasteiger partial charge in [-0.05, 0) is 32.0 Å². The summed E-state index contributed by atoms with van der Waals surface area (Å²) < 4.78 is 22.5. The van der Waals surface area contributed by atoms with Gasteiger partial charge in [-0.3, -0.25) is 9.69 Å². The van der Waals surface area contributed by atoms with Crippen LogP contribution in [0, 0.1) is 0 Å². The highest BCUT2D eigenvalue weighted by atomic mass is 16.6. The summed E-state index contributed by atoms with van der Waals surface area (Å²) >= 11 is 0. The van der Waals surface area contributed by atoms with E-state index in [1.165, 1.54) is 0 Å². The van der Waals surface area contributed by atoms with Gasteiger partial charge in [-0.2, -0.15) is 0 Å². The van der Waals surface area contributed by atoms with Gasteiger partial charge < -0.3 is 23.5 Å². The van der Waals surface area contributed by atoms with Crippen molar-refractivity contribution in [2.45, 2.75) is 31.1 Å². The van der Waals surface area contributed by atoms with Crippen molar-refractivity contribution in [3.05, 3.63) is 24.2 Å². The Bertz CT molecular complexity index is 550. The maximum Gasteiger partial charge on any atom is 0.248 e. The van der Waals surface area contributed by atoms with Crippen molar-refractivity contribution in [1.29, 1.82) is 0 Å². The molecule has 0 aliphatic carbocycles. The normalized spacial score (nSPS) is 27.2. The molecule has 140 valence electrons. The molecule has 1 spiro atoms. The lowest BCUT2D eigenvalue weighted by Crippen LogP contribution is -2.48. The highest BCUT2D eigenvalue weighted by molar-refractivity contribution is 5.77. The van der Waals surface area contributed by atoms with Crippen molar-refractivity contribution >= 4 is 5.91 Å². The number of hydrogen-bond acceptors (Lipinski definition) is 6. The van der Waals surface area contributed by atoms with Crippen LogP contribution in [0.3, 0.4) is 0 Å². The van der Waals surface area contributed by atoms with Crippen LogP contribution in [0.2, 0.25) is 0 Å². The van der Waals surface area contributed by atoms with Gasteiger partial charge in [-0.25, -0.2) is 0 Å². The second-order valence-corrected chi connectivity index (χ2v) is 7.04. The standard InChI is InChI=1S/C18H28N2O5/c1-19(10-15-4-3-8-24-15)11-16-5-6-18(25-16)13-20(7-9-23-14-18)17(21)12-22-2/h3-4,8,16H,5-7,9-14H2,1-2H3/t16-,18-/m0/s1. The summed E-state index contributed by atoms with van der Waals surface area (Å²) in [7, 11) is 3.60. The van der Waals surface area contributed by atoms with E-state index < -0.39 is 5.60 Å². The van der Waals surface area contributed by atoms with Crippen molar-refractivity contribution in [2.75, 3.05) is 53.6 Å². The van der Waals surface area contributed by atoms with E-state index in [2.05, 4.69) is 11.9 Å². The molecule has 0 radical (unpaired) electrons. The molecule has 1 aromatic heterocycles. The summed E-state index contributed by atoms with van der Waals surface area (Å²) in [5, 5.41) is 0. The maximum atomic E-state index is 12.2. The molecule has 7 heteroatoms. The van der Waals surface area contributed by atoms with Crippen LogP contribution in [-0.4, -0.2) is 81.0 Å². The van der Waals surface area contributed by atoms with E-state index in [0.29, 0.717) is 26.3 Å². The molecule has 0 saturated carbocycles. The average Bonchev–Trinajstić information content (AvgIpc) is 3.15. The van der Waals surface area contributed by atoms with E-state index in [1.54, 1.807) is 13.4 Å². The fraction of sp³-hybridized carbons (Fsp3) is 0.722. The predicted octanol–water partition coefficient (Wildman–Crippen LogP) is 1.13. The average molecular weight is 352 g/mol. The third-order valence-electron chi connectivity index (χ3n) is 4.83. The molecule has 0 bridgehead atoms. The quantitative estimate of drug-likeness (QED) is 0.765. The number of rotatable bonds is 6. The van der Waals surface area contributed by atoms with E-state index >= 15 is 0 Å². The Balaban J connectivity index is 1.55. The first-order valence-corrected chi connectivity index (χ1v) is 8.83. The van der Waals surface area contributed by atoms with Gasteiger partial charge in [0.1, 0.15) is 18.0 Å². The Morgan fingerprint density at radius 1 is 1.52 bits per heavy atom. The van der Waals surface area contributed by atoms with E-state index in [4.69, 9.17) is 18.6 Å². The van der Waals surface area contributed by atoms with Crippen LogP contribution in [0.1, 0.15) is 18.6 Å².